The van der Waals surface area contributed by atoms with Gasteiger partial charge in [0.05, 0.1) is 5.56 Å². The Labute approximate surface area is 130 Å². The lowest BCUT2D eigenvalue weighted by Gasteiger charge is -2.17. The molecule has 7 nitrogen and oxygen atoms in total. The maximum Gasteiger partial charge on any atom is 0.246 e. The molecule has 1 saturated heterocycles. The third-order valence-electron chi connectivity index (χ3n) is 3.11. The van der Waals surface area contributed by atoms with Crippen molar-refractivity contribution >= 4 is 43.9 Å². The van der Waals surface area contributed by atoms with Crippen molar-refractivity contribution in [3.8, 4) is 0 Å². The molecule has 0 aliphatic carbocycles. The Balaban J connectivity index is 2.12. The van der Waals surface area contributed by atoms with Gasteiger partial charge in [-0.15, -0.1) is 0 Å². The van der Waals surface area contributed by atoms with E-state index in [4.69, 9.17) is 11.1 Å². The van der Waals surface area contributed by atoms with Crippen molar-refractivity contribution in [2.75, 3.05) is 24.1 Å². The van der Waals surface area contributed by atoms with E-state index >= 15 is 0 Å². The Morgan fingerprint density at radius 1 is 1.65 bits per heavy atom. The van der Waals surface area contributed by atoms with Gasteiger partial charge in [-0.1, -0.05) is 6.58 Å². The normalized spacial score (nSPS) is 17.9. The van der Waals surface area contributed by atoms with Crippen LogP contribution in [-0.2, 0) is 4.79 Å². The lowest BCUT2D eigenvalue weighted by Crippen LogP contribution is -2.30. The van der Waals surface area contributed by atoms with Crippen LogP contribution in [0.15, 0.2) is 19.0 Å². The number of hydrogen-bond donors (Lipinski definition) is 3. The van der Waals surface area contributed by atoms with Crippen LogP contribution in [0.1, 0.15) is 12.0 Å². The van der Waals surface area contributed by atoms with E-state index in [0.717, 1.165) is 6.42 Å². The molecule has 0 saturated carbocycles. The van der Waals surface area contributed by atoms with Crippen molar-refractivity contribution in [3.63, 3.8) is 0 Å². The minimum absolute atomic E-state index is 0.0710. The predicted octanol–water partition coefficient (Wildman–Crippen LogP) is 1.02. The van der Waals surface area contributed by atoms with Crippen LogP contribution < -0.4 is 11.1 Å². The van der Waals surface area contributed by atoms with Crippen LogP contribution in [0.5, 0.6) is 0 Å². The summed E-state index contributed by atoms with van der Waals surface area (Å²) >= 11 is 1.87. The molecule has 1 amide bonds. The molecule has 1 aromatic heterocycles. The number of aromatic nitrogens is 2. The minimum Gasteiger partial charge on any atom is -0.383 e. The topological polar surface area (TPSA) is 108 Å². The monoisotopic (exact) mass is 386 g/mol. The predicted molar refractivity (Wildman–Crippen MR) is 86.1 cm³/mol. The van der Waals surface area contributed by atoms with Gasteiger partial charge in [0.15, 0.2) is 0 Å². The van der Waals surface area contributed by atoms with E-state index in [1.54, 1.807) is 4.90 Å². The summed E-state index contributed by atoms with van der Waals surface area (Å²) in [5.74, 6) is 0.743. The Hall–Kier alpha value is -1.71. The Kier molecular flexibility index (Phi) is 4.53. The molecular weight excluding hydrogens is 371 g/mol. The SMILES string of the molecule is C=CC(=O)N1CC[C@H](Nc2ncnc(N)c2C(=N)I)C1. The molecule has 1 aliphatic rings. The van der Waals surface area contributed by atoms with Crippen LogP contribution in [0.3, 0.4) is 0 Å². The second-order valence-electron chi connectivity index (χ2n) is 4.41. The zero-order chi connectivity index (χ0) is 14.7. The fraction of sp³-hybridized carbons (Fsp3) is 0.333. The molecule has 1 aliphatic heterocycles. The molecule has 1 atom stereocenters. The number of amides is 1. The Morgan fingerprint density at radius 2 is 2.40 bits per heavy atom. The first-order valence-corrected chi connectivity index (χ1v) is 7.13. The van der Waals surface area contributed by atoms with E-state index in [1.807, 2.05) is 22.6 Å². The fourth-order valence-electron chi connectivity index (χ4n) is 2.13. The summed E-state index contributed by atoms with van der Waals surface area (Å²) in [6.45, 7) is 4.75. The van der Waals surface area contributed by atoms with Crippen LogP contribution in [0, 0.1) is 5.41 Å². The quantitative estimate of drug-likeness (QED) is 0.407. The second kappa shape index (κ2) is 6.16. The molecular formula is C12H15IN6O. The van der Waals surface area contributed by atoms with Gasteiger partial charge in [-0.3, -0.25) is 10.2 Å². The maximum absolute atomic E-state index is 11.5. The van der Waals surface area contributed by atoms with Gasteiger partial charge < -0.3 is 16.0 Å². The molecule has 8 heteroatoms. The van der Waals surface area contributed by atoms with Crippen molar-refractivity contribution in [3.05, 3.63) is 24.5 Å². The molecule has 0 bridgehead atoms. The van der Waals surface area contributed by atoms with Crippen molar-refractivity contribution in [1.29, 1.82) is 5.41 Å². The molecule has 0 radical (unpaired) electrons. The molecule has 20 heavy (non-hydrogen) atoms. The fourth-order valence-corrected chi connectivity index (χ4v) is 2.66. The Morgan fingerprint density at radius 3 is 3.05 bits per heavy atom. The van der Waals surface area contributed by atoms with Gasteiger partial charge >= 0.3 is 0 Å². The number of halogens is 1. The number of nitrogens with zero attached hydrogens (tertiary/aromatic N) is 3. The maximum atomic E-state index is 11.5. The molecule has 0 aromatic carbocycles. The molecule has 106 valence electrons. The highest BCUT2D eigenvalue weighted by atomic mass is 127. The van der Waals surface area contributed by atoms with Gasteiger partial charge in [0.1, 0.15) is 21.7 Å². The number of rotatable bonds is 4. The number of likely N-dealkylation sites (tertiary alicyclic amines) is 1. The van der Waals surface area contributed by atoms with Crippen LogP contribution in [0.2, 0.25) is 0 Å². The summed E-state index contributed by atoms with van der Waals surface area (Å²) < 4.78 is 0.278. The number of carbonyl (C=O) groups excluding carboxylic acids is 1. The number of nitrogens with two attached hydrogens (primary N) is 1. The van der Waals surface area contributed by atoms with Crippen LogP contribution in [0.25, 0.3) is 0 Å². The minimum atomic E-state index is -0.0710. The number of nitrogens with one attached hydrogen (secondary N) is 2. The summed E-state index contributed by atoms with van der Waals surface area (Å²) in [5.41, 5.74) is 6.28. The summed E-state index contributed by atoms with van der Waals surface area (Å²) in [4.78, 5) is 21.3. The van der Waals surface area contributed by atoms with Crippen molar-refractivity contribution in [2.24, 2.45) is 0 Å². The van der Waals surface area contributed by atoms with Gasteiger partial charge in [-0.25, -0.2) is 9.97 Å². The largest absolute Gasteiger partial charge is 0.383 e. The van der Waals surface area contributed by atoms with Gasteiger partial charge in [0, 0.05) is 19.1 Å². The zero-order valence-electron chi connectivity index (χ0n) is 10.8. The lowest BCUT2D eigenvalue weighted by atomic mass is 10.2. The highest BCUT2D eigenvalue weighted by Crippen LogP contribution is 2.23. The number of nitrogen functional groups attached to an aromatic ring is 1. The molecule has 4 N–H and O–H groups in total. The summed E-state index contributed by atoms with van der Waals surface area (Å²) in [7, 11) is 0. The van der Waals surface area contributed by atoms with Crippen molar-refractivity contribution < 1.29 is 4.79 Å². The molecule has 2 heterocycles. The van der Waals surface area contributed by atoms with E-state index in [2.05, 4.69) is 21.9 Å². The van der Waals surface area contributed by atoms with Crippen molar-refractivity contribution in [2.45, 2.75) is 12.5 Å². The number of carbonyl (C=O) groups is 1. The molecule has 1 aromatic rings. The first-order valence-electron chi connectivity index (χ1n) is 6.05. The molecule has 2 rings (SSSR count). The smallest absolute Gasteiger partial charge is 0.246 e. The van der Waals surface area contributed by atoms with E-state index < -0.39 is 0 Å². The van der Waals surface area contributed by atoms with Crippen LogP contribution >= 0.6 is 22.6 Å². The average Bonchev–Trinajstić information content (AvgIpc) is 2.86. The van der Waals surface area contributed by atoms with E-state index in [-0.39, 0.29) is 21.5 Å². The zero-order valence-corrected chi connectivity index (χ0v) is 12.9. The van der Waals surface area contributed by atoms with Gasteiger partial charge in [-0.05, 0) is 35.1 Å². The Bertz CT molecular complexity index is 561. The summed E-state index contributed by atoms with van der Waals surface area (Å²) in [6.07, 6.45) is 3.50. The second-order valence-corrected chi connectivity index (χ2v) is 5.49. The van der Waals surface area contributed by atoms with Gasteiger partial charge in [0.2, 0.25) is 5.91 Å². The third-order valence-corrected chi connectivity index (χ3v) is 3.65. The average molecular weight is 386 g/mol. The van der Waals surface area contributed by atoms with Gasteiger partial charge in [0.25, 0.3) is 0 Å². The van der Waals surface area contributed by atoms with Crippen LogP contribution in [-0.4, -0.2) is 43.6 Å². The van der Waals surface area contributed by atoms with Crippen molar-refractivity contribution in [1.82, 2.24) is 14.9 Å². The number of hydrogen-bond acceptors (Lipinski definition) is 6. The van der Waals surface area contributed by atoms with Gasteiger partial charge in [-0.2, -0.15) is 0 Å². The molecule has 1 fully saturated rings. The van der Waals surface area contributed by atoms with Crippen LogP contribution in [0.4, 0.5) is 11.6 Å². The summed E-state index contributed by atoms with van der Waals surface area (Å²) in [6, 6.07) is 0.0858. The summed E-state index contributed by atoms with van der Waals surface area (Å²) in [5, 5.41) is 11.0. The standard InChI is InChI=1S/C12H15IN6O/c1-2-8(20)19-4-3-7(5-19)18-12-9(10(13)14)11(15)16-6-17-12/h2,6-7,14H,1,3-5H2,(H3,15,16,17,18)/t7-/m0/s1. The first kappa shape index (κ1) is 14.7. The third kappa shape index (κ3) is 3.06. The van der Waals surface area contributed by atoms with E-state index in [1.165, 1.54) is 12.4 Å². The van der Waals surface area contributed by atoms with E-state index in [0.29, 0.717) is 24.5 Å². The number of anilines is 2. The lowest BCUT2D eigenvalue weighted by molar-refractivity contribution is -0.125. The molecule has 0 unspecified atom stereocenters. The highest BCUT2D eigenvalue weighted by Gasteiger charge is 2.26. The molecule has 0 spiro atoms. The highest BCUT2D eigenvalue weighted by molar-refractivity contribution is 14.1. The van der Waals surface area contributed by atoms with E-state index in [9.17, 15) is 4.79 Å². The first-order chi connectivity index (χ1) is 9.52.